The lowest BCUT2D eigenvalue weighted by molar-refractivity contribution is 0.205. The standard InChI is InChI=1S/C11H24N2/c1-9(2)10(12)5-8-13-11(3)6-4-7-11/h9-10,13H,4-8,12H2,1-3H3. The molecule has 1 aliphatic rings. The summed E-state index contributed by atoms with van der Waals surface area (Å²) in [7, 11) is 0. The molecule has 0 aromatic rings. The van der Waals surface area contributed by atoms with E-state index >= 15 is 0 Å². The smallest absolute Gasteiger partial charge is 0.0153 e. The van der Waals surface area contributed by atoms with Crippen LogP contribution in [0.25, 0.3) is 0 Å². The van der Waals surface area contributed by atoms with Crippen LogP contribution in [-0.2, 0) is 0 Å². The van der Waals surface area contributed by atoms with Gasteiger partial charge in [-0.25, -0.2) is 0 Å². The fourth-order valence-electron chi connectivity index (χ4n) is 1.76. The van der Waals surface area contributed by atoms with Gasteiger partial charge >= 0.3 is 0 Å². The van der Waals surface area contributed by atoms with Crippen LogP contribution < -0.4 is 11.1 Å². The zero-order valence-corrected chi connectivity index (χ0v) is 9.27. The van der Waals surface area contributed by atoms with Gasteiger partial charge in [-0.05, 0) is 45.1 Å². The third-order valence-corrected chi connectivity index (χ3v) is 3.34. The Bertz CT molecular complexity index is 150. The SMILES string of the molecule is CC(C)C(N)CCNC1(C)CCC1. The quantitative estimate of drug-likeness (QED) is 0.685. The predicted molar refractivity (Wildman–Crippen MR) is 57.7 cm³/mol. The molecule has 78 valence electrons. The van der Waals surface area contributed by atoms with E-state index in [0.717, 1.165) is 13.0 Å². The van der Waals surface area contributed by atoms with Gasteiger partial charge in [0.2, 0.25) is 0 Å². The summed E-state index contributed by atoms with van der Waals surface area (Å²) in [5, 5.41) is 3.60. The molecule has 13 heavy (non-hydrogen) atoms. The predicted octanol–water partition coefficient (Wildman–Crippen LogP) is 1.89. The van der Waals surface area contributed by atoms with Gasteiger partial charge in [-0.2, -0.15) is 0 Å². The maximum Gasteiger partial charge on any atom is 0.0153 e. The summed E-state index contributed by atoms with van der Waals surface area (Å²) in [5.41, 5.74) is 6.41. The monoisotopic (exact) mass is 184 g/mol. The van der Waals surface area contributed by atoms with Crippen molar-refractivity contribution >= 4 is 0 Å². The molecule has 3 N–H and O–H groups in total. The van der Waals surface area contributed by atoms with Crippen LogP contribution in [0.4, 0.5) is 0 Å². The van der Waals surface area contributed by atoms with E-state index in [0.29, 0.717) is 17.5 Å². The highest BCUT2D eigenvalue weighted by Gasteiger charge is 2.30. The van der Waals surface area contributed by atoms with Gasteiger partial charge in [0.1, 0.15) is 0 Å². The Balaban J connectivity index is 2.06. The molecule has 2 nitrogen and oxygen atoms in total. The fourth-order valence-corrected chi connectivity index (χ4v) is 1.76. The van der Waals surface area contributed by atoms with Gasteiger partial charge in [0.25, 0.3) is 0 Å². The molecular formula is C11H24N2. The number of hydrogen-bond donors (Lipinski definition) is 2. The molecule has 1 unspecified atom stereocenters. The molecule has 1 atom stereocenters. The largest absolute Gasteiger partial charge is 0.327 e. The highest BCUT2D eigenvalue weighted by Crippen LogP contribution is 2.30. The summed E-state index contributed by atoms with van der Waals surface area (Å²) in [6.07, 6.45) is 5.17. The third-order valence-electron chi connectivity index (χ3n) is 3.34. The van der Waals surface area contributed by atoms with E-state index in [1.54, 1.807) is 0 Å². The topological polar surface area (TPSA) is 38.0 Å². The Morgan fingerprint density at radius 1 is 1.38 bits per heavy atom. The van der Waals surface area contributed by atoms with Crippen molar-refractivity contribution < 1.29 is 0 Å². The molecule has 2 heteroatoms. The molecule has 0 bridgehead atoms. The molecular weight excluding hydrogens is 160 g/mol. The van der Waals surface area contributed by atoms with Crippen LogP contribution in [-0.4, -0.2) is 18.1 Å². The Hall–Kier alpha value is -0.0800. The molecule has 0 amide bonds. The second-order valence-corrected chi connectivity index (χ2v) is 5.04. The maximum absolute atomic E-state index is 5.97. The van der Waals surface area contributed by atoms with E-state index in [2.05, 4.69) is 26.1 Å². The van der Waals surface area contributed by atoms with Crippen molar-refractivity contribution in [2.45, 2.75) is 58.0 Å². The Morgan fingerprint density at radius 2 is 2.00 bits per heavy atom. The van der Waals surface area contributed by atoms with Crippen molar-refractivity contribution in [3.8, 4) is 0 Å². The van der Waals surface area contributed by atoms with Gasteiger partial charge in [0.05, 0.1) is 0 Å². The summed E-state index contributed by atoms with van der Waals surface area (Å²) < 4.78 is 0. The van der Waals surface area contributed by atoms with Crippen molar-refractivity contribution in [2.24, 2.45) is 11.7 Å². The molecule has 0 radical (unpaired) electrons. The zero-order valence-electron chi connectivity index (χ0n) is 9.27. The average Bonchev–Trinajstić information content (AvgIpc) is 2.01. The maximum atomic E-state index is 5.97. The lowest BCUT2D eigenvalue weighted by atomic mass is 9.78. The van der Waals surface area contributed by atoms with E-state index < -0.39 is 0 Å². The molecule has 0 aromatic carbocycles. The van der Waals surface area contributed by atoms with Gasteiger partial charge in [-0.1, -0.05) is 13.8 Å². The van der Waals surface area contributed by atoms with Crippen molar-refractivity contribution in [1.29, 1.82) is 0 Å². The van der Waals surface area contributed by atoms with E-state index in [9.17, 15) is 0 Å². The first-order valence-corrected chi connectivity index (χ1v) is 5.54. The summed E-state index contributed by atoms with van der Waals surface area (Å²) in [5.74, 6) is 0.607. The Labute approximate surface area is 82.3 Å². The highest BCUT2D eigenvalue weighted by atomic mass is 15.0. The van der Waals surface area contributed by atoms with Gasteiger partial charge in [-0.3, -0.25) is 0 Å². The molecule has 1 fully saturated rings. The lowest BCUT2D eigenvalue weighted by Gasteiger charge is -2.39. The molecule has 0 heterocycles. The third kappa shape index (κ3) is 3.28. The molecule has 0 saturated heterocycles. The number of nitrogens with two attached hydrogens (primary N) is 1. The van der Waals surface area contributed by atoms with Crippen LogP contribution in [0.2, 0.25) is 0 Å². The first kappa shape index (κ1) is 11.0. The normalized spacial score (nSPS) is 22.8. The average molecular weight is 184 g/mol. The van der Waals surface area contributed by atoms with E-state index in [-0.39, 0.29) is 0 Å². The zero-order chi connectivity index (χ0) is 9.90. The van der Waals surface area contributed by atoms with Gasteiger partial charge in [-0.15, -0.1) is 0 Å². The first-order valence-electron chi connectivity index (χ1n) is 5.54. The minimum absolute atomic E-state index is 0.358. The van der Waals surface area contributed by atoms with Crippen LogP contribution in [0.5, 0.6) is 0 Å². The number of rotatable bonds is 5. The second kappa shape index (κ2) is 4.43. The summed E-state index contributed by atoms with van der Waals surface area (Å²) in [4.78, 5) is 0. The molecule has 1 rings (SSSR count). The first-order chi connectivity index (χ1) is 6.03. The molecule has 1 saturated carbocycles. The van der Waals surface area contributed by atoms with Gasteiger partial charge in [0, 0.05) is 11.6 Å². The molecule has 0 spiro atoms. The summed E-state index contributed by atoms with van der Waals surface area (Å²) in [6, 6.07) is 0.358. The molecule has 1 aliphatic carbocycles. The van der Waals surface area contributed by atoms with E-state index in [4.69, 9.17) is 5.73 Å². The van der Waals surface area contributed by atoms with E-state index in [1.165, 1.54) is 19.3 Å². The summed E-state index contributed by atoms with van der Waals surface area (Å²) in [6.45, 7) is 7.78. The number of nitrogens with one attached hydrogen (secondary N) is 1. The van der Waals surface area contributed by atoms with Crippen LogP contribution in [0.15, 0.2) is 0 Å². The van der Waals surface area contributed by atoms with Gasteiger partial charge < -0.3 is 11.1 Å². The fraction of sp³-hybridized carbons (Fsp3) is 1.00. The second-order valence-electron chi connectivity index (χ2n) is 5.04. The van der Waals surface area contributed by atoms with Gasteiger partial charge in [0.15, 0.2) is 0 Å². The number of hydrogen-bond acceptors (Lipinski definition) is 2. The van der Waals surface area contributed by atoms with Crippen LogP contribution in [0, 0.1) is 5.92 Å². The van der Waals surface area contributed by atoms with E-state index in [1.807, 2.05) is 0 Å². The van der Waals surface area contributed by atoms with Crippen molar-refractivity contribution in [3.05, 3.63) is 0 Å². The minimum Gasteiger partial charge on any atom is -0.327 e. The molecule has 0 aromatic heterocycles. The van der Waals surface area contributed by atoms with Crippen LogP contribution in [0.1, 0.15) is 46.5 Å². The van der Waals surface area contributed by atoms with Crippen LogP contribution >= 0.6 is 0 Å². The highest BCUT2D eigenvalue weighted by molar-refractivity contribution is 4.91. The van der Waals surface area contributed by atoms with Crippen molar-refractivity contribution in [3.63, 3.8) is 0 Å². The Morgan fingerprint density at radius 3 is 2.38 bits per heavy atom. The Kier molecular flexibility index (Phi) is 3.74. The van der Waals surface area contributed by atoms with Crippen molar-refractivity contribution in [2.75, 3.05) is 6.54 Å². The minimum atomic E-state index is 0.358. The lowest BCUT2D eigenvalue weighted by Crippen LogP contribution is -2.49. The summed E-state index contributed by atoms with van der Waals surface area (Å²) >= 11 is 0. The molecule has 0 aliphatic heterocycles. The van der Waals surface area contributed by atoms with Crippen molar-refractivity contribution in [1.82, 2.24) is 5.32 Å². The van der Waals surface area contributed by atoms with Crippen LogP contribution in [0.3, 0.4) is 0 Å².